The summed E-state index contributed by atoms with van der Waals surface area (Å²) in [7, 11) is -1.12. The van der Waals surface area contributed by atoms with E-state index in [0.29, 0.717) is 0 Å². The van der Waals surface area contributed by atoms with Gasteiger partial charge in [-0.2, -0.15) is 0 Å². The molecule has 0 aromatic carbocycles. The average Bonchev–Trinajstić information content (AvgIpc) is 2.00. The molecule has 11 heavy (non-hydrogen) atoms. The van der Waals surface area contributed by atoms with Crippen molar-refractivity contribution >= 4 is 31.0 Å². The lowest BCUT2D eigenvalue weighted by Crippen LogP contribution is -1.88. The number of phosphoric acid groups is 1. The topological polar surface area (TPSA) is 44.8 Å². The zero-order chi connectivity index (χ0) is 8.91. The molecule has 0 unspecified atom stereocenters. The van der Waals surface area contributed by atoms with Crippen LogP contribution < -0.4 is 0 Å². The van der Waals surface area contributed by atoms with Gasteiger partial charge in [0.25, 0.3) is 0 Å². The van der Waals surface area contributed by atoms with Crippen molar-refractivity contribution in [3.05, 3.63) is 10.8 Å². The molecule has 0 aromatic heterocycles. The van der Waals surface area contributed by atoms with Gasteiger partial charge in [0.15, 0.2) is 0 Å². The Morgan fingerprint density at radius 2 is 1.82 bits per heavy atom. The molecule has 0 aliphatic carbocycles. The molecule has 0 heterocycles. The summed E-state index contributed by atoms with van der Waals surface area (Å²) in [5, 5.41) is 0. The minimum absolute atomic E-state index is 0.167. The third kappa shape index (κ3) is 4.67. The van der Waals surface area contributed by atoms with E-state index < -0.39 is 7.82 Å². The number of rotatable bonds is 4. The van der Waals surface area contributed by atoms with Crippen molar-refractivity contribution in [2.24, 2.45) is 0 Å². The molecule has 0 aliphatic rings. The van der Waals surface area contributed by atoms with Gasteiger partial charge in [0.1, 0.15) is 10.8 Å². The van der Waals surface area contributed by atoms with Crippen LogP contribution in [0.4, 0.5) is 0 Å². The average molecular weight is 222 g/mol. The summed E-state index contributed by atoms with van der Waals surface area (Å²) in [5.74, 6) is 0. The van der Waals surface area contributed by atoms with Crippen LogP contribution >= 0.6 is 31.0 Å². The number of hydrogen-bond donors (Lipinski definition) is 0. The molecule has 0 aromatic rings. The monoisotopic (exact) mass is 222 g/mol. The molecule has 7 heteroatoms. The van der Waals surface area contributed by atoms with Crippen molar-refractivity contribution in [3.63, 3.8) is 0 Å². The highest BCUT2D eigenvalue weighted by molar-refractivity contribution is 7.48. The molecule has 0 rings (SSSR count). The van der Waals surface area contributed by atoms with Crippen LogP contribution in [0.5, 0.6) is 0 Å². The quantitative estimate of drug-likeness (QED) is 0.541. The van der Waals surface area contributed by atoms with Crippen LogP contribution in [0, 0.1) is 0 Å². The molecule has 4 nitrogen and oxygen atoms in total. The first-order valence-corrected chi connectivity index (χ1v) is 4.67. The van der Waals surface area contributed by atoms with E-state index in [1.807, 2.05) is 0 Å². The predicted octanol–water partition coefficient (Wildman–Crippen LogP) is 2.68. The van der Waals surface area contributed by atoms with E-state index in [9.17, 15) is 4.57 Å². The first-order valence-electron chi connectivity index (χ1n) is 2.45. The normalized spacial score (nSPS) is 10.9. The van der Waals surface area contributed by atoms with Gasteiger partial charge in [-0.15, -0.1) is 0 Å². The fourth-order valence-electron chi connectivity index (χ4n) is 0.265. The van der Waals surface area contributed by atoms with Crippen molar-refractivity contribution in [2.75, 3.05) is 14.2 Å². The van der Waals surface area contributed by atoms with Gasteiger partial charge in [-0.1, -0.05) is 23.2 Å². The van der Waals surface area contributed by atoms with Gasteiger partial charge in [0.2, 0.25) is 0 Å². The molecule has 0 N–H and O–H groups in total. The molecule has 0 saturated heterocycles. The van der Waals surface area contributed by atoms with Crippen LogP contribution in [0.1, 0.15) is 0 Å². The van der Waals surface area contributed by atoms with Crippen LogP contribution in [0.25, 0.3) is 0 Å². The fourth-order valence-corrected chi connectivity index (χ4v) is 1.03. The highest BCUT2D eigenvalue weighted by Gasteiger charge is 2.22. The van der Waals surface area contributed by atoms with Crippen LogP contribution in [0.2, 0.25) is 0 Å². The van der Waals surface area contributed by atoms with Gasteiger partial charge in [0, 0.05) is 14.2 Å². The first-order chi connectivity index (χ1) is 5.04. The molecule has 0 atom stereocenters. The summed E-state index contributed by atoms with van der Waals surface area (Å²) in [6, 6.07) is 0. The standard InChI is InChI=1S/C4H7Cl2O4P/c1-8-11(7,9-2)10-3-4(5)6/h3H,1-2H3/i5+1,6+1. The predicted molar refractivity (Wildman–Crippen MR) is 42.5 cm³/mol. The van der Waals surface area contributed by atoms with E-state index in [0.717, 1.165) is 6.26 Å². The molecule has 0 aliphatic heterocycles. The third-order valence-electron chi connectivity index (χ3n) is 0.718. The maximum absolute atomic E-state index is 11.0. The largest absolute Gasteiger partial charge is 0.529 e. The highest BCUT2D eigenvalue weighted by Crippen LogP contribution is 2.48. The Morgan fingerprint density at radius 1 is 1.36 bits per heavy atom. The van der Waals surface area contributed by atoms with Gasteiger partial charge in [-0.25, -0.2) is 4.57 Å². The summed E-state index contributed by atoms with van der Waals surface area (Å²) in [5.41, 5.74) is 0. The second kappa shape index (κ2) is 5.01. The lowest BCUT2D eigenvalue weighted by atomic mass is 11.2. The molecule has 0 amide bonds. The summed E-state index contributed by atoms with van der Waals surface area (Å²) >= 11 is 10.3. The molecule has 0 bridgehead atoms. The number of phosphoric ester groups is 1. The van der Waals surface area contributed by atoms with E-state index in [2.05, 4.69) is 13.6 Å². The van der Waals surface area contributed by atoms with Gasteiger partial charge >= 0.3 is 7.82 Å². The molecule has 0 saturated carbocycles. The Bertz CT molecular complexity index is 181. The zero-order valence-corrected chi connectivity index (χ0v) is 8.32. The van der Waals surface area contributed by atoms with Crippen molar-refractivity contribution in [1.82, 2.24) is 0 Å². The van der Waals surface area contributed by atoms with Gasteiger partial charge in [-0.05, 0) is 0 Å². The van der Waals surface area contributed by atoms with Crippen LogP contribution in [0.15, 0.2) is 10.8 Å². The van der Waals surface area contributed by atoms with E-state index in [-0.39, 0.29) is 4.49 Å². The summed E-state index contributed by atoms with van der Waals surface area (Å²) in [6.45, 7) is 0. The third-order valence-corrected chi connectivity index (χ3v) is 2.15. The van der Waals surface area contributed by atoms with Crippen LogP contribution in [-0.4, -0.2) is 14.2 Å². The molecule has 0 radical (unpaired) electrons. The second-order valence-corrected chi connectivity index (χ2v) is 4.17. The Balaban J connectivity index is 4.10. The Kier molecular flexibility index (Phi) is 5.13. The Hall–Kier alpha value is 0.270. The van der Waals surface area contributed by atoms with Crippen LogP contribution in [-0.2, 0) is 18.1 Å². The van der Waals surface area contributed by atoms with Gasteiger partial charge in [-0.3, -0.25) is 9.05 Å². The Labute approximate surface area is 74.6 Å². The van der Waals surface area contributed by atoms with E-state index in [1.54, 1.807) is 0 Å². The van der Waals surface area contributed by atoms with E-state index in [1.165, 1.54) is 14.2 Å². The van der Waals surface area contributed by atoms with Gasteiger partial charge < -0.3 is 4.52 Å². The molecule has 66 valence electrons. The minimum atomic E-state index is -3.48. The minimum Gasteiger partial charge on any atom is -0.409 e. The maximum Gasteiger partial charge on any atom is 0.529 e. The zero-order valence-electron chi connectivity index (χ0n) is 5.91. The maximum atomic E-state index is 11.0. The van der Waals surface area contributed by atoms with E-state index in [4.69, 9.17) is 23.2 Å². The van der Waals surface area contributed by atoms with Gasteiger partial charge in [0.05, 0.1) is 0 Å². The summed E-state index contributed by atoms with van der Waals surface area (Å²) in [6.07, 6.45) is 0.872. The highest BCUT2D eigenvalue weighted by atomic mass is 36.1. The Morgan fingerprint density at radius 3 is 2.09 bits per heavy atom. The number of hydrogen-bond acceptors (Lipinski definition) is 4. The van der Waals surface area contributed by atoms with Crippen molar-refractivity contribution in [3.8, 4) is 0 Å². The second-order valence-electron chi connectivity index (χ2n) is 1.33. The van der Waals surface area contributed by atoms with Crippen molar-refractivity contribution in [2.45, 2.75) is 0 Å². The lowest BCUT2D eigenvalue weighted by Gasteiger charge is -2.10. The van der Waals surface area contributed by atoms with Crippen LogP contribution in [0.3, 0.4) is 0 Å². The smallest absolute Gasteiger partial charge is 0.409 e. The molecular weight excluding hydrogens is 215 g/mol. The lowest BCUT2D eigenvalue weighted by molar-refractivity contribution is 0.194. The summed E-state index contributed by atoms with van der Waals surface area (Å²) in [4.78, 5) is 0. The van der Waals surface area contributed by atoms with Crippen molar-refractivity contribution < 1.29 is 18.1 Å². The molecule has 0 spiro atoms. The summed E-state index contributed by atoms with van der Waals surface area (Å²) < 4.78 is 24.1. The fraction of sp³-hybridized carbons (Fsp3) is 0.500. The first kappa shape index (κ1) is 11.3. The number of halogens is 2. The molecule has 0 fully saturated rings. The molecular formula is C4H7Cl2O4P. The van der Waals surface area contributed by atoms with E-state index >= 15 is 0 Å². The van der Waals surface area contributed by atoms with Crippen molar-refractivity contribution in [1.29, 1.82) is 0 Å². The SMILES string of the molecule is COP(=O)(OC)OC=C([36Cl])[36Cl].